The fourth-order valence-electron chi connectivity index (χ4n) is 2.42. The largest absolute Gasteiger partial charge is 0.468 e. The summed E-state index contributed by atoms with van der Waals surface area (Å²) < 4.78 is 41.2. The van der Waals surface area contributed by atoms with E-state index in [0.717, 1.165) is 5.56 Å². The van der Waals surface area contributed by atoms with Crippen LogP contribution in [0.25, 0.3) is 0 Å². The molecule has 2 amide bonds. The number of carbonyl (C=O) groups is 2. The van der Waals surface area contributed by atoms with Crippen LogP contribution in [0.5, 0.6) is 5.88 Å². The average molecular weight is 410 g/mol. The molecule has 10 heteroatoms. The number of hydrogen-bond donors (Lipinski definition) is 2. The maximum Gasteiger partial charge on any atom is 0.422 e. The van der Waals surface area contributed by atoms with Crippen LogP contribution in [-0.4, -0.2) is 34.6 Å². The van der Waals surface area contributed by atoms with Crippen molar-refractivity contribution in [3.8, 4) is 5.88 Å². The normalized spacial score (nSPS) is 11.1. The molecule has 0 radical (unpaired) electrons. The molecule has 0 aliphatic rings. The molecule has 2 aromatic heterocycles. The minimum Gasteiger partial charge on any atom is -0.468 e. The van der Waals surface area contributed by atoms with Crippen molar-refractivity contribution < 1.29 is 27.5 Å². The van der Waals surface area contributed by atoms with Gasteiger partial charge in [0.15, 0.2) is 6.61 Å². The maximum absolute atomic E-state index is 12.4. The fourth-order valence-corrected chi connectivity index (χ4v) is 2.42. The summed E-state index contributed by atoms with van der Waals surface area (Å²) in [4.78, 5) is 31.9. The second kappa shape index (κ2) is 9.35. The van der Waals surface area contributed by atoms with Gasteiger partial charge < -0.3 is 15.4 Å². The van der Waals surface area contributed by atoms with E-state index in [9.17, 15) is 22.8 Å². The summed E-state index contributed by atoms with van der Waals surface area (Å²) in [5.74, 6) is -0.429. The Hall–Kier alpha value is -3.17. The van der Waals surface area contributed by atoms with Gasteiger partial charge in [-0.15, -0.1) is 0 Å². The number of pyridine rings is 2. The van der Waals surface area contributed by atoms with Crippen molar-refractivity contribution in [1.82, 2.24) is 15.3 Å². The van der Waals surface area contributed by atoms with E-state index >= 15 is 0 Å². The monoisotopic (exact) mass is 410 g/mol. The number of ether oxygens (including phenoxy) is 1. The second-order valence-electron chi connectivity index (χ2n) is 6.33. The summed E-state index contributed by atoms with van der Waals surface area (Å²) in [7, 11) is 0. The zero-order valence-corrected chi connectivity index (χ0v) is 16.2. The smallest absolute Gasteiger partial charge is 0.422 e. The van der Waals surface area contributed by atoms with Crippen molar-refractivity contribution in [3.63, 3.8) is 0 Å². The van der Waals surface area contributed by atoms with Gasteiger partial charge in [-0.2, -0.15) is 13.2 Å². The van der Waals surface area contributed by atoms with Gasteiger partial charge >= 0.3 is 6.18 Å². The Morgan fingerprint density at radius 3 is 2.52 bits per heavy atom. The van der Waals surface area contributed by atoms with Gasteiger partial charge in [0.1, 0.15) is 5.82 Å². The first-order valence-electron chi connectivity index (χ1n) is 8.79. The molecule has 0 atom stereocenters. The van der Waals surface area contributed by atoms with Crippen LogP contribution < -0.4 is 15.4 Å². The highest BCUT2D eigenvalue weighted by Gasteiger charge is 2.28. The number of alkyl halides is 3. The fraction of sp³-hybridized carbons (Fsp3) is 0.368. The molecular formula is C19H21F3N4O3. The van der Waals surface area contributed by atoms with E-state index in [4.69, 9.17) is 0 Å². The van der Waals surface area contributed by atoms with E-state index in [-0.39, 0.29) is 23.9 Å². The van der Waals surface area contributed by atoms with Crippen molar-refractivity contribution in [2.45, 2.75) is 39.9 Å². The topological polar surface area (TPSA) is 93.2 Å². The van der Waals surface area contributed by atoms with E-state index < -0.39 is 18.7 Å². The summed E-state index contributed by atoms with van der Waals surface area (Å²) in [6.45, 7) is 3.78. The number of hydrogen-bond acceptors (Lipinski definition) is 5. The lowest BCUT2D eigenvalue weighted by Gasteiger charge is -2.12. The molecular weight excluding hydrogens is 389 g/mol. The molecule has 29 heavy (non-hydrogen) atoms. The van der Waals surface area contributed by atoms with Crippen LogP contribution in [0.2, 0.25) is 0 Å². The van der Waals surface area contributed by atoms with Crippen LogP contribution in [0.4, 0.5) is 19.0 Å². The molecule has 0 spiro atoms. The van der Waals surface area contributed by atoms with Crippen LogP contribution in [-0.2, 0) is 11.3 Å². The van der Waals surface area contributed by atoms with Crippen LogP contribution in [0, 0.1) is 13.8 Å². The average Bonchev–Trinajstić information content (AvgIpc) is 2.63. The molecule has 2 rings (SSSR count). The number of aryl methyl sites for hydroxylation is 2. The lowest BCUT2D eigenvalue weighted by Crippen LogP contribution is -2.24. The molecule has 7 nitrogen and oxygen atoms in total. The van der Waals surface area contributed by atoms with Crippen molar-refractivity contribution in [3.05, 3.63) is 46.8 Å². The molecule has 2 heterocycles. The minimum atomic E-state index is -4.47. The molecule has 2 aromatic rings. The van der Waals surface area contributed by atoms with Gasteiger partial charge in [-0.3, -0.25) is 9.59 Å². The number of halogens is 3. The Balaban J connectivity index is 2.03. The zero-order valence-electron chi connectivity index (χ0n) is 16.2. The van der Waals surface area contributed by atoms with Crippen molar-refractivity contribution >= 4 is 17.6 Å². The molecule has 0 bridgehead atoms. The number of nitrogens with one attached hydrogen (secondary N) is 2. The van der Waals surface area contributed by atoms with E-state index in [2.05, 4.69) is 25.3 Å². The van der Waals surface area contributed by atoms with Crippen LogP contribution in [0.15, 0.2) is 24.4 Å². The second-order valence-corrected chi connectivity index (χ2v) is 6.33. The highest BCUT2D eigenvalue weighted by atomic mass is 19.4. The maximum atomic E-state index is 12.4. The van der Waals surface area contributed by atoms with E-state index in [0.29, 0.717) is 23.5 Å². The third kappa shape index (κ3) is 7.05. The first-order valence-corrected chi connectivity index (χ1v) is 8.79. The molecule has 2 N–H and O–H groups in total. The van der Waals surface area contributed by atoms with E-state index in [1.165, 1.54) is 12.3 Å². The van der Waals surface area contributed by atoms with Gasteiger partial charge in [0.05, 0.1) is 5.56 Å². The van der Waals surface area contributed by atoms with Gasteiger partial charge in [-0.25, -0.2) is 9.97 Å². The highest BCUT2D eigenvalue weighted by Crippen LogP contribution is 2.19. The Morgan fingerprint density at radius 2 is 1.90 bits per heavy atom. The third-order valence-electron chi connectivity index (χ3n) is 3.77. The Morgan fingerprint density at radius 1 is 1.17 bits per heavy atom. The first kappa shape index (κ1) is 22.1. The van der Waals surface area contributed by atoms with Gasteiger partial charge in [0, 0.05) is 30.9 Å². The highest BCUT2D eigenvalue weighted by molar-refractivity contribution is 5.95. The number of rotatable bonds is 7. The van der Waals surface area contributed by atoms with Gasteiger partial charge in [-0.05, 0) is 37.1 Å². The van der Waals surface area contributed by atoms with Crippen LogP contribution in [0.3, 0.4) is 0 Å². The summed E-state index contributed by atoms with van der Waals surface area (Å²) in [6, 6.07) is 4.69. The molecule has 156 valence electrons. The lowest BCUT2D eigenvalue weighted by molar-refractivity contribution is -0.154. The number of carbonyl (C=O) groups excluding carboxylic acids is 2. The molecule has 0 unspecified atom stereocenters. The van der Waals surface area contributed by atoms with Crippen molar-refractivity contribution in [2.24, 2.45) is 0 Å². The number of anilines is 1. The van der Waals surface area contributed by atoms with E-state index in [1.54, 1.807) is 32.9 Å². The quantitative estimate of drug-likeness (QED) is 0.731. The standard InChI is InChI=1S/C19H21F3N4O3/c1-4-16(27)26-15-7-13(6-12(3)25-15)8-24-18(28)14-9-23-17(5-11(14)2)29-10-19(20,21)22/h5-7,9H,4,8,10H2,1-3H3,(H,24,28)(H,25,26,27). The van der Waals surface area contributed by atoms with Gasteiger partial charge in [0.2, 0.25) is 11.8 Å². The van der Waals surface area contributed by atoms with Crippen molar-refractivity contribution in [2.75, 3.05) is 11.9 Å². The Labute approximate surface area is 165 Å². The third-order valence-corrected chi connectivity index (χ3v) is 3.77. The van der Waals surface area contributed by atoms with Crippen LogP contribution in [0.1, 0.15) is 40.5 Å². The predicted octanol–water partition coefficient (Wildman–Crippen LogP) is 3.31. The molecule has 0 saturated heterocycles. The molecule has 0 aromatic carbocycles. The zero-order chi connectivity index (χ0) is 21.6. The number of aromatic nitrogens is 2. The summed E-state index contributed by atoms with van der Waals surface area (Å²) in [5, 5.41) is 5.38. The summed E-state index contributed by atoms with van der Waals surface area (Å²) >= 11 is 0. The lowest BCUT2D eigenvalue weighted by atomic mass is 10.1. The molecule has 0 fully saturated rings. The van der Waals surface area contributed by atoms with Gasteiger partial charge in [-0.1, -0.05) is 6.92 Å². The van der Waals surface area contributed by atoms with Crippen LogP contribution >= 0.6 is 0 Å². The summed E-state index contributed by atoms with van der Waals surface area (Å²) in [6.07, 6.45) is -2.98. The first-order chi connectivity index (χ1) is 13.6. The minimum absolute atomic E-state index is 0.170. The molecule has 0 saturated carbocycles. The molecule has 0 aliphatic carbocycles. The molecule has 0 aliphatic heterocycles. The number of nitrogens with zero attached hydrogens (tertiary/aromatic N) is 2. The predicted molar refractivity (Wildman–Crippen MR) is 99.6 cm³/mol. The summed E-state index contributed by atoms with van der Waals surface area (Å²) in [5.41, 5.74) is 2.05. The number of amides is 2. The SMILES string of the molecule is CCC(=O)Nc1cc(CNC(=O)c2cnc(OCC(F)(F)F)cc2C)cc(C)n1. The Bertz CT molecular complexity index is 901. The van der Waals surface area contributed by atoms with Crippen molar-refractivity contribution in [1.29, 1.82) is 0 Å². The Kier molecular flexibility index (Phi) is 7.13. The van der Waals surface area contributed by atoms with E-state index in [1.807, 2.05) is 0 Å². The van der Waals surface area contributed by atoms with Gasteiger partial charge in [0.25, 0.3) is 5.91 Å².